The average Bonchev–Trinajstić information content (AvgIpc) is 4.04. The Morgan fingerprint density at radius 1 is 0.959 bits per heavy atom. The Morgan fingerprint density at radius 3 is 2.37 bits per heavy atom. The van der Waals surface area contributed by atoms with Crippen molar-refractivity contribution in [1.82, 2.24) is 40.0 Å². The van der Waals surface area contributed by atoms with Gasteiger partial charge in [0.05, 0.1) is 35.1 Å². The van der Waals surface area contributed by atoms with Gasteiger partial charge in [0, 0.05) is 87.8 Å². The third-order valence-corrected chi connectivity index (χ3v) is 15.3. The summed E-state index contributed by atoms with van der Waals surface area (Å²) in [6.45, 7) is 20.7. The number of hydrazine groups is 1. The summed E-state index contributed by atoms with van der Waals surface area (Å²) >= 11 is 0. The molecule has 2 N–H and O–H groups in total. The first-order chi connectivity index (χ1) is 34.6. The lowest BCUT2D eigenvalue weighted by atomic mass is 9.84. The molecule has 392 valence electrons. The van der Waals surface area contributed by atoms with Crippen LogP contribution in [0.2, 0.25) is 0 Å². The van der Waals surface area contributed by atoms with Gasteiger partial charge in [-0.3, -0.25) is 38.9 Å². The highest BCUT2D eigenvalue weighted by Gasteiger charge is 2.54. The normalized spacial score (nSPS) is 18.6. The lowest BCUT2D eigenvalue weighted by Gasteiger charge is -2.35. The summed E-state index contributed by atoms with van der Waals surface area (Å²) in [6.07, 6.45) is 5.17. The first-order valence-electron chi connectivity index (χ1n) is 26.1. The van der Waals surface area contributed by atoms with Gasteiger partial charge in [-0.05, 0) is 132 Å². The van der Waals surface area contributed by atoms with E-state index in [-0.39, 0.29) is 61.2 Å². The molecule has 4 aromatic rings. The van der Waals surface area contributed by atoms with Gasteiger partial charge in [-0.2, -0.15) is 0 Å². The highest BCUT2D eigenvalue weighted by atomic mass is 16.5. The Labute approximate surface area is 432 Å². The van der Waals surface area contributed by atoms with E-state index < -0.39 is 28.5 Å². The molecule has 3 aliphatic heterocycles. The summed E-state index contributed by atoms with van der Waals surface area (Å²) in [5.41, 5.74) is 9.38. The van der Waals surface area contributed by atoms with Crippen LogP contribution < -0.4 is 10.7 Å². The minimum atomic E-state index is -0.927. The quantitative estimate of drug-likeness (QED) is 0.0819. The van der Waals surface area contributed by atoms with Crippen molar-refractivity contribution in [2.45, 2.75) is 131 Å². The van der Waals surface area contributed by atoms with Crippen LogP contribution in [0.3, 0.4) is 0 Å². The van der Waals surface area contributed by atoms with E-state index in [1.54, 1.807) is 28.1 Å². The summed E-state index contributed by atoms with van der Waals surface area (Å²) in [5, 5.41) is 5.86. The molecule has 0 bridgehead atoms. The number of carbonyl (C=O) groups is 5. The highest BCUT2D eigenvalue weighted by molar-refractivity contribution is 5.98. The Bertz CT molecular complexity index is 2760. The van der Waals surface area contributed by atoms with Gasteiger partial charge < -0.3 is 29.2 Å². The van der Waals surface area contributed by atoms with Gasteiger partial charge in [-0.1, -0.05) is 63.9 Å². The van der Waals surface area contributed by atoms with Crippen molar-refractivity contribution in [2.75, 3.05) is 60.5 Å². The van der Waals surface area contributed by atoms with Crippen LogP contribution in [0.5, 0.6) is 0 Å². The van der Waals surface area contributed by atoms with E-state index in [1.165, 1.54) is 6.92 Å². The molecule has 15 heteroatoms. The number of fused-ring (bicyclic) bond motifs is 1. The van der Waals surface area contributed by atoms with Crippen LogP contribution in [-0.4, -0.2) is 137 Å². The number of aromatic nitrogens is 2. The van der Waals surface area contributed by atoms with Crippen LogP contribution in [0, 0.1) is 28.6 Å². The molecule has 3 aliphatic rings. The number of methoxy groups -OCH3 is 1. The molecule has 3 fully saturated rings. The van der Waals surface area contributed by atoms with Crippen molar-refractivity contribution in [3.8, 4) is 34.2 Å². The second-order valence-electron chi connectivity index (χ2n) is 22.2. The van der Waals surface area contributed by atoms with Crippen LogP contribution >= 0.6 is 0 Å². The largest absolute Gasteiger partial charge is 0.465 e. The van der Waals surface area contributed by atoms with E-state index >= 15 is 0 Å². The second kappa shape index (κ2) is 22.6. The van der Waals surface area contributed by atoms with Crippen LogP contribution in [0.1, 0.15) is 111 Å². The zero-order chi connectivity index (χ0) is 53.0. The molecule has 3 saturated heterocycles. The van der Waals surface area contributed by atoms with Crippen molar-refractivity contribution < 1.29 is 33.4 Å². The lowest BCUT2D eigenvalue weighted by Crippen LogP contribution is -2.59. The molecule has 0 radical (unpaired) electrons. The number of nitrogens with zero attached hydrogens (tertiary/aromatic N) is 6. The van der Waals surface area contributed by atoms with Gasteiger partial charge in [-0.15, -0.1) is 0 Å². The van der Waals surface area contributed by atoms with Crippen LogP contribution in [0.15, 0.2) is 60.8 Å². The number of aryl methyl sites for hydroxylation is 1. The van der Waals surface area contributed by atoms with E-state index in [0.717, 1.165) is 62.9 Å². The molecule has 73 heavy (non-hydrogen) atoms. The van der Waals surface area contributed by atoms with Crippen molar-refractivity contribution in [1.29, 1.82) is 0 Å². The number of rotatable bonds is 17. The highest BCUT2D eigenvalue weighted by Crippen LogP contribution is 2.44. The fourth-order valence-corrected chi connectivity index (χ4v) is 10.7. The van der Waals surface area contributed by atoms with E-state index in [4.69, 9.17) is 14.5 Å². The molecule has 1 spiro atoms. The summed E-state index contributed by atoms with van der Waals surface area (Å²) in [7, 11) is 5.52. The van der Waals surface area contributed by atoms with Crippen LogP contribution in [0.25, 0.3) is 33.3 Å². The van der Waals surface area contributed by atoms with E-state index in [0.29, 0.717) is 52.0 Å². The Morgan fingerprint density at radius 2 is 1.70 bits per heavy atom. The molecule has 2 aromatic heterocycles. The number of carbonyl (C=O) groups excluding carboxylic acids is 5. The lowest BCUT2D eigenvalue weighted by molar-refractivity contribution is -0.146. The second-order valence-corrected chi connectivity index (χ2v) is 22.2. The van der Waals surface area contributed by atoms with E-state index in [9.17, 15) is 24.0 Å². The van der Waals surface area contributed by atoms with Crippen LogP contribution in [0.4, 0.5) is 0 Å². The van der Waals surface area contributed by atoms with Gasteiger partial charge in [-0.25, -0.2) is 5.43 Å². The topological polar surface area (TPSA) is 159 Å². The van der Waals surface area contributed by atoms with E-state index in [2.05, 4.69) is 84.3 Å². The first-order valence-corrected chi connectivity index (χ1v) is 26.1. The number of hydrogen-bond acceptors (Lipinski definition) is 10. The Balaban J connectivity index is 1.19. The zero-order valence-corrected chi connectivity index (χ0v) is 45.3. The molecular formula is C58H78N8O7. The maximum atomic E-state index is 14.7. The number of benzene rings is 2. The molecule has 4 amide bonds. The fourth-order valence-electron chi connectivity index (χ4n) is 10.7. The minimum absolute atomic E-state index is 0.133. The third-order valence-electron chi connectivity index (χ3n) is 15.3. The molecule has 4 atom stereocenters. The Hall–Kier alpha value is -6.08. The minimum Gasteiger partial charge on any atom is -0.465 e. The number of likely N-dealkylation sites (tertiary alicyclic amines) is 2. The molecule has 0 unspecified atom stereocenters. The first kappa shape index (κ1) is 54.7. The van der Waals surface area contributed by atoms with Crippen molar-refractivity contribution in [3.63, 3.8) is 0 Å². The molecular weight excluding hydrogens is 921 g/mol. The maximum absolute atomic E-state index is 14.7. The number of esters is 1. The van der Waals surface area contributed by atoms with Gasteiger partial charge >= 0.3 is 5.97 Å². The fraction of sp³-hybridized carbons (Fsp3) is 0.552. The number of nitrogens with one attached hydrogen (secondary N) is 2. The standard InChI is InChI=1S/C58H78N8O7/c1-13-64-48-22-21-43(34-45(48)46(35-56(6,7)37-73-40(5)67)52(64)44-20-17-27-59-50(44)39(4)72-12)42-19-16-18-41(32-42)33-47(54(70)66-29-15-14-28-60-66)61-53(69)51(38(2)3)65-31-26-58(55(65)71)25-30-63(36-58)49(68)23-24-57(8,9)62(10)11/h16-22,27,32,34,38-39,47,51,60H,13-15,25-26,28-31,33,35-37H2,1-12H3,(H,61,69)/t39-,47-,51-,58-/m0/s1. The smallest absolute Gasteiger partial charge is 0.302 e. The van der Waals surface area contributed by atoms with E-state index in [1.807, 2.05) is 71.8 Å². The predicted molar refractivity (Wildman–Crippen MR) is 285 cm³/mol. The molecule has 0 saturated carbocycles. The maximum Gasteiger partial charge on any atom is 0.302 e. The average molecular weight is 999 g/mol. The van der Waals surface area contributed by atoms with Gasteiger partial charge in [0.15, 0.2) is 0 Å². The molecule has 2 aromatic carbocycles. The van der Waals surface area contributed by atoms with Crippen molar-refractivity contribution in [2.24, 2.45) is 16.7 Å². The third kappa shape index (κ3) is 12.0. The Kier molecular flexibility index (Phi) is 16.9. The van der Waals surface area contributed by atoms with Crippen molar-refractivity contribution in [3.05, 3.63) is 77.6 Å². The summed E-state index contributed by atoms with van der Waals surface area (Å²) in [5.74, 6) is 4.28. The number of pyridine rings is 1. The molecule has 7 rings (SSSR count). The number of ether oxygens (including phenoxy) is 2. The van der Waals surface area contributed by atoms with Crippen LogP contribution in [-0.2, 0) is 52.8 Å². The number of hydrogen-bond donors (Lipinski definition) is 2. The summed E-state index contributed by atoms with van der Waals surface area (Å²) in [6, 6.07) is 16.9. The van der Waals surface area contributed by atoms with Gasteiger partial charge in [0.25, 0.3) is 11.8 Å². The monoisotopic (exact) mass is 999 g/mol. The molecule has 15 nitrogen and oxygen atoms in total. The SMILES string of the molecule is CCn1c(-c2cccnc2[C@H](C)OC)c(CC(C)(C)COC(C)=O)c2cc(-c3cccc(C[C@H](NC(=O)[C@H](C(C)C)N4CC[C@]5(CCN(C(=O)C#CC(C)(C)N(C)C)C5)C4=O)C(=O)N4CCCCN4)c3)ccc21. The van der Waals surface area contributed by atoms with Gasteiger partial charge in [0.1, 0.15) is 12.1 Å². The number of amides is 4. The summed E-state index contributed by atoms with van der Waals surface area (Å²) < 4.78 is 13.8. The van der Waals surface area contributed by atoms with Gasteiger partial charge in [0.2, 0.25) is 11.8 Å². The molecule has 5 heterocycles. The summed E-state index contributed by atoms with van der Waals surface area (Å²) in [4.78, 5) is 79.3. The van der Waals surface area contributed by atoms with Crippen molar-refractivity contribution >= 4 is 40.5 Å². The zero-order valence-electron chi connectivity index (χ0n) is 45.3. The predicted octanol–water partition coefficient (Wildman–Crippen LogP) is 7.20. The molecule has 0 aliphatic carbocycles.